The molecule has 0 aliphatic carbocycles. The molecule has 0 spiro atoms. The predicted molar refractivity (Wildman–Crippen MR) is 77.6 cm³/mol. The summed E-state index contributed by atoms with van der Waals surface area (Å²) in [4.78, 5) is 0. The molecule has 0 bridgehead atoms. The van der Waals surface area contributed by atoms with Gasteiger partial charge in [0.15, 0.2) is 0 Å². The van der Waals surface area contributed by atoms with Gasteiger partial charge in [-0.2, -0.15) is 0 Å². The Bertz CT molecular complexity index is 354. The Morgan fingerprint density at radius 2 is 1.95 bits per heavy atom. The molecule has 0 fully saturated rings. The first kappa shape index (κ1) is 16.9. The fraction of sp³-hybridized carbons (Fsp3) is 0.857. The Morgan fingerprint density at radius 1 is 1.37 bits per heavy atom. The Kier molecular flexibility index (Phi) is 6.25. The van der Waals surface area contributed by atoms with Gasteiger partial charge >= 0.3 is 7.60 Å². The lowest BCUT2D eigenvalue weighted by Crippen LogP contribution is -2.30. The highest BCUT2D eigenvalue weighted by Gasteiger charge is 2.39. The zero-order valence-electron chi connectivity index (χ0n) is 12.8. The van der Waals surface area contributed by atoms with Gasteiger partial charge in [-0.15, -0.1) is 0 Å². The zero-order valence-corrected chi connectivity index (χ0v) is 13.7. The van der Waals surface area contributed by atoms with Gasteiger partial charge in [-0.1, -0.05) is 19.9 Å². The zero-order chi connectivity index (χ0) is 14.5. The Morgan fingerprint density at radius 3 is 2.42 bits per heavy atom. The molecule has 0 aromatic heterocycles. The van der Waals surface area contributed by atoms with Crippen LogP contribution in [0.15, 0.2) is 11.6 Å². The molecule has 0 amide bonds. The molecule has 1 unspecified atom stereocenters. The van der Waals surface area contributed by atoms with Crippen molar-refractivity contribution in [2.24, 2.45) is 5.92 Å². The van der Waals surface area contributed by atoms with E-state index in [1.54, 1.807) is 0 Å². The van der Waals surface area contributed by atoms with Crippen LogP contribution in [0.3, 0.4) is 0 Å². The molecule has 1 heterocycles. The summed E-state index contributed by atoms with van der Waals surface area (Å²) in [6.07, 6.45) is 3.27. The van der Waals surface area contributed by atoms with Crippen molar-refractivity contribution in [3.63, 3.8) is 0 Å². The first-order chi connectivity index (χ1) is 8.85. The van der Waals surface area contributed by atoms with Crippen LogP contribution in [-0.2, 0) is 18.3 Å². The minimum absolute atomic E-state index is 0.331. The van der Waals surface area contributed by atoms with E-state index in [1.807, 2.05) is 19.9 Å². The third-order valence-electron chi connectivity index (χ3n) is 3.22. The second-order valence-corrected chi connectivity index (χ2v) is 7.53. The first-order valence-corrected chi connectivity index (χ1v) is 8.79. The normalized spacial score (nSPS) is 24.0. The molecule has 112 valence electrons. The van der Waals surface area contributed by atoms with Crippen LogP contribution in [0.5, 0.6) is 0 Å². The molecule has 5 heteroatoms. The maximum absolute atomic E-state index is 12.6. The van der Waals surface area contributed by atoms with E-state index in [0.717, 1.165) is 12.0 Å². The van der Waals surface area contributed by atoms with Crippen molar-refractivity contribution in [1.29, 1.82) is 0 Å². The number of hydrogen-bond donors (Lipinski definition) is 0. The molecule has 0 aromatic rings. The lowest BCUT2D eigenvalue weighted by atomic mass is 9.89. The number of rotatable bonds is 8. The Labute approximate surface area is 117 Å². The molecule has 0 saturated carbocycles. The predicted octanol–water partition coefficient (Wildman–Crippen LogP) is 4.01. The van der Waals surface area contributed by atoms with Crippen molar-refractivity contribution in [2.75, 3.05) is 26.0 Å². The molecular formula is C14H27O4P. The summed E-state index contributed by atoms with van der Waals surface area (Å²) >= 11 is 0. The van der Waals surface area contributed by atoms with Crippen LogP contribution in [0.25, 0.3) is 0 Å². The fourth-order valence-corrected chi connectivity index (χ4v) is 4.49. The molecule has 1 atom stereocenters. The molecule has 4 nitrogen and oxygen atoms in total. The van der Waals surface area contributed by atoms with Gasteiger partial charge in [-0.05, 0) is 38.7 Å². The average molecular weight is 290 g/mol. The van der Waals surface area contributed by atoms with Crippen molar-refractivity contribution in [3.8, 4) is 0 Å². The van der Waals surface area contributed by atoms with Crippen LogP contribution < -0.4 is 0 Å². The minimum atomic E-state index is -3.04. The topological polar surface area (TPSA) is 44.8 Å². The van der Waals surface area contributed by atoms with Crippen molar-refractivity contribution in [3.05, 3.63) is 11.6 Å². The monoisotopic (exact) mass is 290 g/mol. The SMILES string of the molecule is CCOP(=O)(CC1=CCOC1(C)CC(C)C)OCC. The van der Waals surface area contributed by atoms with Crippen LogP contribution in [0, 0.1) is 5.92 Å². The smallest absolute Gasteiger partial charge is 0.334 e. The van der Waals surface area contributed by atoms with E-state index in [0.29, 0.717) is 31.9 Å². The van der Waals surface area contributed by atoms with E-state index in [4.69, 9.17) is 13.8 Å². The van der Waals surface area contributed by atoms with Gasteiger partial charge in [-0.3, -0.25) is 4.57 Å². The summed E-state index contributed by atoms with van der Waals surface area (Å²) < 4.78 is 29.2. The van der Waals surface area contributed by atoms with Crippen LogP contribution in [0.1, 0.15) is 41.0 Å². The summed E-state index contributed by atoms with van der Waals surface area (Å²) in [5.41, 5.74) is 0.712. The summed E-state index contributed by atoms with van der Waals surface area (Å²) in [7, 11) is -3.04. The lowest BCUT2D eigenvalue weighted by Gasteiger charge is -2.31. The molecule has 1 rings (SSSR count). The van der Waals surface area contributed by atoms with Crippen LogP contribution in [0.2, 0.25) is 0 Å². The average Bonchev–Trinajstić information content (AvgIpc) is 2.59. The van der Waals surface area contributed by atoms with Crippen molar-refractivity contribution < 1.29 is 18.3 Å². The van der Waals surface area contributed by atoms with E-state index in [1.165, 1.54) is 0 Å². The Balaban J connectivity index is 2.81. The standard InChI is InChI=1S/C14H27O4P/c1-6-17-19(15,18-7-2)11-13-8-9-16-14(13,5)10-12(3)4/h8,12H,6-7,9-11H2,1-5H3. The Hall–Kier alpha value is -0.150. The van der Waals surface area contributed by atoms with E-state index in [9.17, 15) is 4.57 Å². The van der Waals surface area contributed by atoms with E-state index >= 15 is 0 Å². The van der Waals surface area contributed by atoms with Crippen molar-refractivity contribution in [2.45, 2.75) is 46.6 Å². The second kappa shape index (κ2) is 7.03. The van der Waals surface area contributed by atoms with Crippen molar-refractivity contribution >= 4 is 7.60 Å². The molecule has 1 aliphatic rings. The third-order valence-corrected chi connectivity index (χ3v) is 5.26. The fourth-order valence-electron chi connectivity index (χ4n) is 2.57. The molecule has 0 radical (unpaired) electrons. The molecule has 1 aliphatic heterocycles. The molecule has 0 N–H and O–H groups in total. The largest absolute Gasteiger partial charge is 0.367 e. The van der Waals surface area contributed by atoms with Gasteiger partial charge in [0.05, 0.1) is 31.6 Å². The van der Waals surface area contributed by atoms with Crippen LogP contribution in [-0.4, -0.2) is 31.6 Å². The van der Waals surface area contributed by atoms with Gasteiger partial charge in [0, 0.05) is 0 Å². The summed E-state index contributed by atoms with van der Waals surface area (Å²) in [5.74, 6) is 0.519. The quantitative estimate of drug-likeness (QED) is 0.500. The van der Waals surface area contributed by atoms with E-state index < -0.39 is 7.60 Å². The van der Waals surface area contributed by atoms with Gasteiger partial charge in [-0.25, -0.2) is 0 Å². The molecular weight excluding hydrogens is 263 g/mol. The van der Waals surface area contributed by atoms with Crippen LogP contribution >= 0.6 is 7.60 Å². The van der Waals surface area contributed by atoms with Crippen LogP contribution in [0.4, 0.5) is 0 Å². The van der Waals surface area contributed by atoms with E-state index in [-0.39, 0.29) is 5.60 Å². The highest BCUT2D eigenvalue weighted by Crippen LogP contribution is 2.52. The maximum Gasteiger partial charge on any atom is 0.334 e. The van der Waals surface area contributed by atoms with Gasteiger partial charge < -0.3 is 13.8 Å². The maximum atomic E-state index is 12.6. The molecule has 0 aromatic carbocycles. The molecule has 0 saturated heterocycles. The molecule has 19 heavy (non-hydrogen) atoms. The minimum Gasteiger partial charge on any atom is -0.367 e. The summed E-state index contributed by atoms with van der Waals surface area (Å²) in [6, 6.07) is 0. The number of hydrogen-bond acceptors (Lipinski definition) is 4. The second-order valence-electron chi connectivity index (χ2n) is 5.47. The summed E-state index contributed by atoms with van der Waals surface area (Å²) in [6.45, 7) is 11.4. The number of ether oxygens (including phenoxy) is 1. The van der Waals surface area contributed by atoms with E-state index in [2.05, 4.69) is 20.8 Å². The van der Waals surface area contributed by atoms with Gasteiger partial charge in [0.25, 0.3) is 0 Å². The van der Waals surface area contributed by atoms with Crippen molar-refractivity contribution in [1.82, 2.24) is 0 Å². The lowest BCUT2D eigenvalue weighted by molar-refractivity contribution is 0.0174. The third kappa shape index (κ3) is 4.71. The highest BCUT2D eigenvalue weighted by molar-refractivity contribution is 7.54. The van der Waals surface area contributed by atoms with Gasteiger partial charge in [0.1, 0.15) is 0 Å². The highest BCUT2D eigenvalue weighted by atomic mass is 31.2. The first-order valence-electron chi connectivity index (χ1n) is 7.07. The van der Waals surface area contributed by atoms with Gasteiger partial charge in [0.2, 0.25) is 0 Å². The summed E-state index contributed by atoms with van der Waals surface area (Å²) in [5, 5.41) is 0.